The molecule has 0 radical (unpaired) electrons. The van der Waals surface area contributed by atoms with Crippen LogP contribution < -0.4 is 10.1 Å². The van der Waals surface area contributed by atoms with Gasteiger partial charge in [-0.1, -0.05) is 17.7 Å². The SMILES string of the molecule is COc1ccc(C)cc1NC(=O)C(=O)/C=C(\O)c1ccc(Cl)cc1. The van der Waals surface area contributed by atoms with Gasteiger partial charge in [0.05, 0.1) is 12.8 Å². The molecule has 0 aliphatic heterocycles. The minimum Gasteiger partial charge on any atom is -0.507 e. The monoisotopic (exact) mass is 345 g/mol. The molecule has 5 nitrogen and oxygen atoms in total. The van der Waals surface area contributed by atoms with E-state index in [1.807, 2.05) is 13.0 Å². The Bertz CT molecular complexity index is 797. The highest BCUT2D eigenvalue weighted by Crippen LogP contribution is 2.25. The number of aryl methyl sites for hydroxylation is 1. The van der Waals surface area contributed by atoms with Crippen LogP contribution in [0, 0.1) is 6.92 Å². The van der Waals surface area contributed by atoms with Crippen molar-refractivity contribution in [1.82, 2.24) is 0 Å². The van der Waals surface area contributed by atoms with Crippen LogP contribution in [-0.2, 0) is 9.59 Å². The van der Waals surface area contributed by atoms with Crippen molar-refractivity contribution in [2.45, 2.75) is 6.92 Å². The van der Waals surface area contributed by atoms with Crippen molar-refractivity contribution in [3.05, 3.63) is 64.7 Å². The summed E-state index contributed by atoms with van der Waals surface area (Å²) >= 11 is 5.76. The topological polar surface area (TPSA) is 75.6 Å². The summed E-state index contributed by atoms with van der Waals surface area (Å²) in [6, 6.07) is 11.4. The van der Waals surface area contributed by atoms with E-state index in [1.54, 1.807) is 36.4 Å². The number of amides is 1. The van der Waals surface area contributed by atoms with Crippen LogP contribution in [0.15, 0.2) is 48.5 Å². The molecule has 0 saturated heterocycles. The molecule has 0 bridgehead atoms. The molecule has 2 rings (SSSR count). The fraction of sp³-hybridized carbons (Fsp3) is 0.111. The second-order valence-corrected chi connectivity index (χ2v) is 5.50. The molecule has 2 N–H and O–H groups in total. The van der Waals surface area contributed by atoms with Crippen LogP contribution in [-0.4, -0.2) is 23.9 Å². The molecule has 0 saturated carbocycles. The molecule has 0 aliphatic carbocycles. The van der Waals surface area contributed by atoms with Crippen molar-refractivity contribution < 1.29 is 19.4 Å². The van der Waals surface area contributed by atoms with Gasteiger partial charge in [-0.05, 0) is 48.9 Å². The van der Waals surface area contributed by atoms with Crippen LogP contribution >= 0.6 is 11.6 Å². The molecule has 24 heavy (non-hydrogen) atoms. The Morgan fingerprint density at radius 2 is 1.83 bits per heavy atom. The number of aliphatic hydroxyl groups excluding tert-OH is 1. The first-order valence-corrected chi connectivity index (χ1v) is 7.45. The number of carbonyl (C=O) groups is 2. The van der Waals surface area contributed by atoms with Crippen LogP contribution in [0.3, 0.4) is 0 Å². The summed E-state index contributed by atoms with van der Waals surface area (Å²) in [5.74, 6) is -1.64. The van der Waals surface area contributed by atoms with Crippen LogP contribution in [0.1, 0.15) is 11.1 Å². The van der Waals surface area contributed by atoms with Crippen LogP contribution in [0.4, 0.5) is 5.69 Å². The summed E-state index contributed by atoms with van der Waals surface area (Å²) in [6.45, 7) is 1.85. The van der Waals surface area contributed by atoms with Crippen molar-refractivity contribution >= 4 is 34.7 Å². The van der Waals surface area contributed by atoms with Crippen molar-refractivity contribution in [3.8, 4) is 5.75 Å². The van der Waals surface area contributed by atoms with Gasteiger partial charge in [-0.2, -0.15) is 0 Å². The maximum absolute atomic E-state index is 12.0. The Balaban J connectivity index is 2.15. The van der Waals surface area contributed by atoms with Crippen LogP contribution in [0.5, 0.6) is 5.75 Å². The number of aliphatic hydroxyl groups is 1. The molecular weight excluding hydrogens is 330 g/mol. The maximum atomic E-state index is 12.0. The average Bonchev–Trinajstić information content (AvgIpc) is 2.55. The van der Waals surface area contributed by atoms with Crippen LogP contribution in [0.2, 0.25) is 5.02 Å². The number of ether oxygens (including phenoxy) is 1. The molecule has 0 atom stereocenters. The maximum Gasteiger partial charge on any atom is 0.296 e. The molecule has 124 valence electrons. The number of rotatable bonds is 5. The molecular formula is C18H16ClNO4. The Morgan fingerprint density at radius 3 is 2.46 bits per heavy atom. The second-order valence-electron chi connectivity index (χ2n) is 5.06. The lowest BCUT2D eigenvalue weighted by molar-refractivity contribution is -0.132. The summed E-state index contributed by atoms with van der Waals surface area (Å²) < 4.78 is 5.14. The van der Waals surface area contributed by atoms with Gasteiger partial charge in [-0.3, -0.25) is 9.59 Å². The van der Waals surface area contributed by atoms with E-state index in [4.69, 9.17) is 16.3 Å². The lowest BCUT2D eigenvalue weighted by atomic mass is 10.1. The quantitative estimate of drug-likeness (QED) is 0.491. The van der Waals surface area contributed by atoms with Crippen LogP contribution in [0.25, 0.3) is 5.76 Å². The predicted molar refractivity (Wildman–Crippen MR) is 93.4 cm³/mol. The minimum absolute atomic E-state index is 0.317. The molecule has 0 aliphatic rings. The van der Waals surface area contributed by atoms with Gasteiger partial charge in [-0.25, -0.2) is 0 Å². The predicted octanol–water partition coefficient (Wildman–Crippen LogP) is 3.76. The van der Waals surface area contributed by atoms with Crippen molar-refractivity contribution in [1.29, 1.82) is 0 Å². The van der Waals surface area contributed by atoms with Gasteiger partial charge in [0.15, 0.2) is 0 Å². The highest BCUT2D eigenvalue weighted by Gasteiger charge is 2.15. The second kappa shape index (κ2) is 7.66. The zero-order chi connectivity index (χ0) is 17.7. The zero-order valence-corrected chi connectivity index (χ0v) is 13.9. The Hall–Kier alpha value is -2.79. The highest BCUT2D eigenvalue weighted by atomic mass is 35.5. The van der Waals surface area contributed by atoms with Gasteiger partial charge in [-0.15, -0.1) is 0 Å². The van der Waals surface area contributed by atoms with E-state index < -0.39 is 11.7 Å². The van der Waals surface area contributed by atoms with Crippen molar-refractivity contribution in [3.63, 3.8) is 0 Å². The molecule has 2 aromatic carbocycles. The Labute approximate surface area is 144 Å². The van der Waals surface area contributed by atoms with E-state index >= 15 is 0 Å². The smallest absolute Gasteiger partial charge is 0.296 e. The van der Waals surface area contributed by atoms with Gasteiger partial charge in [0.25, 0.3) is 5.91 Å². The van der Waals surface area contributed by atoms with Gasteiger partial charge in [0.1, 0.15) is 11.5 Å². The number of benzene rings is 2. The summed E-state index contributed by atoms with van der Waals surface area (Å²) in [5, 5.41) is 12.9. The third-order valence-electron chi connectivity index (χ3n) is 3.23. The number of nitrogens with one attached hydrogen (secondary N) is 1. The Kier molecular flexibility index (Phi) is 5.60. The number of carbonyl (C=O) groups excluding carboxylic acids is 2. The molecule has 1 amide bonds. The summed E-state index contributed by atoms with van der Waals surface area (Å²) in [4.78, 5) is 24.0. The molecule has 0 unspecified atom stereocenters. The largest absolute Gasteiger partial charge is 0.507 e. The first-order chi connectivity index (χ1) is 11.4. The van der Waals surface area contributed by atoms with Gasteiger partial charge in [0, 0.05) is 16.7 Å². The number of ketones is 1. The Morgan fingerprint density at radius 1 is 1.17 bits per heavy atom. The summed E-state index contributed by atoms with van der Waals surface area (Å²) in [5.41, 5.74) is 1.67. The fourth-order valence-electron chi connectivity index (χ4n) is 2.00. The lowest BCUT2D eigenvalue weighted by Crippen LogP contribution is -2.21. The molecule has 0 spiro atoms. The van der Waals surface area contributed by atoms with E-state index in [0.29, 0.717) is 22.0 Å². The molecule has 0 fully saturated rings. The summed E-state index contributed by atoms with van der Waals surface area (Å²) in [7, 11) is 1.47. The normalized spacial score (nSPS) is 11.0. The van der Waals surface area contributed by atoms with E-state index in [0.717, 1.165) is 11.6 Å². The minimum atomic E-state index is -0.883. The van der Waals surface area contributed by atoms with Crippen molar-refractivity contribution in [2.24, 2.45) is 0 Å². The molecule has 2 aromatic rings. The van der Waals surface area contributed by atoms with Gasteiger partial charge in [0.2, 0.25) is 5.78 Å². The molecule has 0 aromatic heterocycles. The lowest BCUT2D eigenvalue weighted by Gasteiger charge is -2.10. The number of halogens is 1. The number of anilines is 1. The van der Waals surface area contributed by atoms with E-state index in [2.05, 4.69) is 5.32 Å². The first-order valence-electron chi connectivity index (χ1n) is 7.07. The van der Waals surface area contributed by atoms with E-state index in [-0.39, 0.29) is 5.76 Å². The third kappa shape index (κ3) is 4.36. The standard InChI is InChI=1S/C18H16ClNO4/c1-11-3-8-17(24-2)14(9-11)20-18(23)16(22)10-15(21)12-4-6-13(19)7-5-12/h3-10,21H,1-2H3,(H,20,23)/b15-10-. The molecule has 6 heteroatoms. The zero-order valence-electron chi connectivity index (χ0n) is 13.2. The number of hydrogen-bond acceptors (Lipinski definition) is 4. The molecule has 0 heterocycles. The average molecular weight is 346 g/mol. The van der Waals surface area contributed by atoms with Crippen molar-refractivity contribution in [2.75, 3.05) is 12.4 Å². The third-order valence-corrected chi connectivity index (χ3v) is 3.49. The summed E-state index contributed by atoms with van der Waals surface area (Å²) in [6.07, 6.45) is 0.862. The highest BCUT2D eigenvalue weighted by molar-refractivity contribution is 6.45. The fourth-order valence-corrected chi connectivity index (χ4v) is 2.12. The van der Waals surface area contributed by atoms with Gasteiger partial charge >= 0.3 is 0 Å². The van der Waals surface area contributed by atoms with Gasteiger partial charge < -0.3 is 15.2 Å². The number of methoxy groups -OCH3 is 1. The van der Waals surface area contributed by atoms with E-state index in [9.17, 15) is 14.7 Å². The van der Waals surface area contributed by atoms with E-state index in [1.165, 1.54) is 7.11 Å². The number of hydrogen-bond donors (Lipinski definition) is 2. The first kappa shape index (κ1) is 17.6.